The maximum absolute atomic E-state index is 13.0. The van der Waals surface area contributed by atoms with Crippen LogP contribution in [0.25, 0.3) is 10.8 Å². The second kappa shape index (κ2) is 9.08. The van der Waals surface area contributed by atoms with Gasteiger partial charge in [-0.15, -0.1) is 0 Å². The molecule has 0 bridgehead atoms. The van der Waals surface area contributed by atoms with Crippen LogP contribution in [0.5, 0.6) is 0 Å². The molecule has 1 aromatic heterocycles. The van der Waals surface area contributed by atoms with Gasteiger partial charge in [0.25, 0.3) is 5.91 Å². The van der Waals surface area contributed by atoms with Gasteiger partial charge in [0, 0.05) is 17.6 Å². The van der Waals surface area contributed by atoms with Crippen LogP contribution in [0.1, 0.15) is 53.3 Å². The van der Waals surface area contributed by atoms with E-state index in [1.54, 1.807) is 6.20 Å². The molecule has 8 heteroatoms. The van der Waals surface area contributed by atoms with E-state index in [0.717, 1.165) is 47.5 Å². The van der Waals surface area contributed by atoms with Crippen molar-refractivity contribution in [3.63, 3.8) is 0 Å². The molecule has 3 aromatic rings. The fraction of sp³-hybridized carbons (Fsp3) is 0.333. The molecule has 1 saturated carbocycles. The van der Waals surface area contributed by atoms with Gasteiger partial charge in [-0.2, -0.15) is 13.2 Å². The Morgan fingerprint density at radius 1 is 1.09 bits per heavy atom. The van der Waals surface area contributed by atoms with Gasteiger partial charge < -0.3 is 11.1 Å². The number of halogens is 4. The molecule has 2 aromatic carbocycles. The number of nitrogens with zero attached hydrogens (tertiary/aromatic N) is 1. The average Bonchev–Trinajstić information content (AvgIpc) is 2.78. The number of nitrogens with one attached hydrogen (secondary N) is 1. The normalized spacial score (nSPS) is 20.2. The first-order valence-electron chi connectivity index (χ1n) is 10.5. The summed E-state index contributed by atoms with van der Waals surface area (Å²) >= 11 is 5.99. The predicted molar refractivity (Wildman–Crippen MR) is 118 cm³/mol. The standard InChI is InChI=1S/C24H23ClF3N3O/c25-20-10-7-16(24(26,27)28)13-19(20)23(32)31-17-8-5-15(6-9-17)21(29)22-18-4-2-1-3-14(18)11-12-30-22/h1-4,7,10-13,15,17,21H,5-6,8-9,29H2,(H,31,32). The van der Waals surface area contributed by atoms with Crippen LogP contribution in [-0.2, 0) is 6.18 Å². The number of rotatable bonds is 4. The number of fused-ring (bicyclic) bond motifs is 1. The summed E-state index contributed by atoms with van der Waals surface area (Å²) in [5, 5.41) is 4.96. The molecule has 1 atom stereocenters. The van der Waals surface area contributed by atoms with Gasteiger partial charge in [-0.25, -0.2) is 0 Å². The summed E-state index contributed by atoms with van der Waals surface area (Å²) in [6.45, 7) is 0. The van der Waals surface area contributed by atoms with E-state index >= 15 is 0 Å². The van der Waals surface area contributed by atoms with Crippen LogP contribution in [0.3, 0.4) is 0 Å². The molecule has 1 fully saturated rings. The average molecular weight is 462 g/mol. The maximum Gasteiger partial charge on any atom is 0.416 e. The van der Waals surface area contributed by atoms with Crippen molar-refractivity contribution in [3.05, 3.63) is 76.6 Å². The summed E-state index contributed by atoms with van der Waals surface area (Å²) in [5.41, 5.74) is 6.38. The van der Waals surface area contributed by atoms with Crippen molar-refractivity contribution >= 4 is 28.3 Å². The number of benzene rings is 2. The molecule has 1 heterocycles. The van der Waals surface area contributed by atoms with E-state index in [2.05, 4.69) is 10.3 Å². The number of hydrogen-bond donors (Lipinski definition) is 2. The van der Waals surface area contributed by atoms with E-state index in [9.17, 15) is 18.0 Å². The van der Waals surface area contributed by atoms with Gasteiger partial charge >= 0.3 is 6.18 Å². The maximum atomic E-state index is 13.0. The van der Waals surface area contributed by atoms with E-state index in [4.69, 9.17) is 17.3 Å². The fourth-order valence-electron chi connectivity index (χ4n) is 4.39. The number of pyridine rings is 1. The van der Waals surface area contributed by atoms with Crippen molar-refractivity contribution in [1.82, 2.24) is 10.3 Å². The van der Waals surface area contributed by atoms with Crippen molar-refractivity contribution in [1.29, 1.82) is 0 Å². The molecular weight excluding hydrogens is 439 g/mol. The summed E-state index contributed by atoms with van der Waals surface area (Å²) in [7, 11) is 0. The zero-order valence-corrected chi connectivity index (χ0v) is 18.0. The molecule has 1 amide bonds. The van der Waals surface area contributed by atoms with E-state index in [1.165, 1.54) is 0 Å². The number of carbonyl (C=O) groups excluding carboxylic acids is 1. The lowest BCUT2D eigenvalue weighted by Gasteiger charge is -2.32. The number of hydrogen-bond acceptors (Lipinski definition) is 3. The van der Waals surface area contributed by atoms with Crippen LogP contribution < -0.4 is 11.1 Å². The lowest BCUT2D eigenvalue weighted by molar-refractivity contribution is -0.137. The number of amides is 1. The van der Waals surface area contributed by atoms with E-state index in [-0.39, 0.29) is 28.6 Å². The first-order chi connectivity index (χ1) is 15.2. The molecule has 0 saturated heterocycles. The van der Waals surface area contributed by atoms with Crippen LogP contribution in [0.15, 0.2) is 54.7 Å². The zero-order chi connectivity index (χ0) is 22.9. The highest BCUT2D eigenvalue weighted by atomic mass is 35.5. The molecule has 4 nitrogen and oxygen atoms in total. The van der Waals surface area contributed by atoms with E-state index < -0.39 is 17.6 Å². The number of alkyl halides is 3. The summed E-state index contributed by atoms with van der Waals surface area (Å²) in [6.07, 6.45) is 0.170. The summed E-state index contributed by atoms with van der Waals surface area (Å²) in [4.78, 5) is 17.1. The smallest absolute Gasteiger partial charge is 0.349 e. The van der Waals surface area contributed by atoms with E-state index in [1.807, 2.05) is 30.3 Å². The Balaban J connectivity index is 1.40. The van der Waals surface area contributed by atoms with Crippen LogP contribution in [0, 0.1) is 5.92 Å². The second-order valence-corrected chi connectivity index (χ2v) is 8.63. The Kier molecular flexibility index (Phi) is 6.40. The minimum Gasteiger partial charge on any atom is -0.349 e. The Hall–Kier alpha value is -2.64. The number of nitrogens with two attached hydrogens (primary N) is 1. The lowest BCUT2D eigenvalue weighted by atomic mass is 9.80. The Morgan fingerprint density at radius 3 is 2.53 bits per heavy atom. The molecule has 0 spiro atoms. The Bertz CT molecular complexity index is 1120. The van der Waals surface area contributed by atoms with Gasteiger partial charge in [-0.1, -0.05) is 35.9 Å². The quantitative estimate of drug-likeness (QED) is 0.508. The minimum atomic E-state index is -4.54. The van der Waals surface area contributed by atoms with Crippen LogP contribution in [-0.4, -0.2) is 16.9 Å². The first-order valence-corrected chi connectivity index (χ1v) is 10.9. The van der Waals surface area contributed by atoms with Gasteiger partial charge in [0.15, 0.2) is 0 Å². The second-order valence-electron chi connectivity index (χ2n) is 8.22. The molecule has 32 heavy (non-hydrogen) atoms. The van der Waals surface area contributed by atoms with Gasteiger partial charge in [0.1, 0.15) is 0 Å². The number of aromatic nitrogens is 1. The first kappa shape index (κ1) is 22.6. The zero-order valence-electron chi connectivity index (χ0n) is 17.2. The van der Waals surface area contributed by atoms with Crippen LogP contribution in [0.4, 0.5) is 13.2 Å². The third-order valence-corrected chi connectivity index (χ3v) is 6.50. The summed E-state index contributed by atoms with van der Waals surface area (Å²) in [6, 6.07) is 12.3. The van der Waals surface area contributed by atoms with Gasteiger partial charge in [-0.05, 0) is 61.3 Å². The molecule has 3 N–H and O–H groups in total. The molecule has 0 radical (unpaired) electrons. The van der Waals surface area contributed by atoms with Gasteiger partial charge in [0.2, 0.25) is 0 Å². The summed E-state index contributed by atoms with van der Waals surface area (Å²) < 4.78 is 39.0. The minimum absolute atomic E-state index is 0.00626. The lowest BCUT2D eigenvalue weighted by Crippen LogP contribution is -2.39. The summed E-state index contributed by atoms with van der Waals surface area (Å²) in [5.74, 6) is -0.386. The fourth-order valence-corrected chi connectivity index (χ4v) is 4.60. The monoisotopic (exact) mass is 461 g/mol. The van der Waals surface area contributed by atoms with Crippen molar-refractivity contribution in [3.8, 4) is 0 Å². The highest BCUT2D eigenvalue weighted by Gasteiger charge is 2.33. The molecule has 1 unspecified atom stereocenters. The van der Waals surface area contributed by atoms with Gasteiger partial charge in [0.05, 0.1) is 27.9 Å². The Morgan fingerprint density at radius 2 is 1.81 bits per heavy atom. The third-order valence-electron chi connectivity index (χ3n) is 6.17. The molecule has 168 valence electrons. The molecule has 4 rings (SSSR count). The Labute approximate surface area is 189 Å². The van der Waals surface area contributed by atoms with E-state index in [0.29, 0.717) is 12.8 Å². The third kappa shape index (κ3) is 4.74. The predicted octanol–water partition coefficient (Wildman–Crippen LogP) is 5.90. The van der Waals surface area contributed by atoms with Gasteiger partial charge in [-0.3, -0.25) is 9.78 Å². The van der Waals surface area contributed by atoms with Crippen LogP contribution >= 0.6 is 11.6 Å². The highest BCUT2D eigenvalue weighted by molar-refractivity contribution is 6.33. The van der Waals surface area contributed by atoms with Crippen LogP contribution in [0.2, 0.25) is 5.02 Å². The topological polar surface area (TPSA) is 68.0 Å². The van der Waals surface area contributed by atoms with Crippen molar-refractivity contribution in [2.24, 2.45) is 11.7 Å². The molecule has 1 aliphatic rings. The van der Waals surface area contributed by atoms with Crippen molar-refractivity contribution in [2.75, 3.05) is 0 Å². The molecule has 1 aliphatic carbocycles. The van der Waals surface area contributed by atoms with Crippen molar-refractivity contribution < 1.29 is 18.0 Å². The largest absolute Gasteiger partial charge is 0.416 e. The molecule has 0 aliphatic heterocycles. The highest BCUT2D eigenvalue weighted by Crippen LogP contribution is 2.35. The SMILES string of the molecule is NC(c1nccc2ccccc12)C1CCC(NC(=O)c2cc(C(F)(F)F)ccc2Cl)CC1. The molecular formula is C24H23ClF3N3O. The van der Waals surface area contributed by atoms with Crippen molar-refractivity contribution in [2.45, 2.75) is 43.9 Å². The number of carbonyl (C=O) groups is 1.